The summed E-state index contributed by atoms with van der Waals surface area (Å²) in [5.41, 5.74) is 2.21. The molecule has 3 heteroatoms. The molecule has 0 saturated carbocycles. The fraction of sp³-hybridized carbons (Fsp3) is 0.333. The van der Waals surface area contributed by atoms with Crippen LogP contribution < -0.4 is 0 Å². The molecule has 0 radical (unpaired) electrons. The van der Waals surface area contributed by atoms with Crippen molar-refractivity contribution in [1.82, 2.24) is 14.9 Å². The Bertz CT molecular complexity index is 456. The lowest BCUT2D eigenvalue weighted by Gasteiger charge is -2.26. The third-order valence-electron chi connectivity index (χ3n) is 3.16. The molecule has 0 aliphatic carbocycles. The van der Waals surface area contributed by atoms with Crippen molar-refractivity contribution in [3.8, 4) is 0 Å². The number of pyridine rings is 2. The predicted octanol–water partition coefficient (Wildman–Crippen LogP) is 3.06. The highest BCUT2D eigenvalue weighted by molar-refractivity contribution is 5.09. The number of aromatic nitrogens is 2. The van der Waals surface area contributed by atoms with E-state index >= 15 is 0 Å². The van der Waals surface area contributed by atoms with E-state index in [0.29, 0.717) is 6.04 Å². The van der Waals surface area contributed by atoms with E-state index in [2.05, 4.69) is 40.8 Å². The highest BCUT2D eigenvalue weighted by Gasteiger charge is 2.15. The standard InChI is InChI=1S/C15H19N3/c1-3-18(12-14-8-4-6-10-16-14)13(2)15-9-5-7-11-17-15/h4-11,13H,3,12H2,1-2H3. The molecule has 2 heterocycles. The molecule has 0 saturated heterocycles. The topological polar surface area (TPSA) is 29.0 Å². The van der Waals surface area contributed by atoms with Gasteiger partial charge in [-0.25, -0.2) is 0 Å². The molecule has 18 heavy (non-hydrogen) atoms. The predicted molar refractivity (Wildman–Crippen MR) is 73.0 cm³/mol. The zero-order valence-corrected chi connectivity index (χ0v) is 11.0. The van der Waals surface area contributed by atoms with Crippen LogP contribution in [-0.4, -0.2) is 21.4 Å². The lowest BCUT2D eigenvalue weighted by molar-refractivity contribution is 0.207. The quantitative estimate of drug-likeness (QED) is 0.805. The molecule has 0 aromatic carbocycles. The van der Waals surface area contributed by atoms with Crippen molar-refractivity contribution in [2.24, 2.45) is 0 Å². The molecule has 2 aromatic rings. The van der Waals surface area contributed by atoms with Crippen LogP contribution in [0.2, 0.25) is 0 Å². The van der Waals surface area contributed by atoms with Gasteiger partial charge in [0.2, 0.25) is 0 Å². The summed E-state index contributed by atoms with van der Waals surface area (Å²) in [4.78, 5) is 11.2. The zero-order chi connectivity index (χ0) is 12.8. The van der Waals surface area contributed by atoms with E-state index in [1.165, 1.54) is 0 Å². The van der Waals surface area contributed by atoms with Crippen LogP contribution in [0.5, 0.6) is 0 Å². The average molecular weight is 241 g/mol. The molecule has 0 fully saturated rings. The van der Waals surface area contributed by atoms with Crippen molar-refractivity contribution < 1.29 is 0 Å². The summed E-state index contributed by atoms with van der Waals surface area (Å²) >= 11 is 0. The van der Waals surface area contributed by atoms with E-state index in [-0.39, 0.29) is 0 Å². The summed E-state index contributed by atoms with van der Waals surface area (Å²) in [6.07, 6.45) is 3.69. The summed E-state index contributed by atoms with van der Waals surface area (Å²) in [5.74, 6) is 0. The van der Waals surface area contributed by atoms with E-state index in [1.807, 2.05) is 36.7 Å². The molecule has 0 bridgehead atoms. The largest absolute Gasteiger partial charge is 0.290 e. The Hall–Kier alpha value is -1.74. The fourth-order valence-corrected chi connectivity index (χ4v) is 2.03. The van der Waals surface area contributed by atoms with Gasteiger partial charge in [0.15, 0.2) is 0 Å². The minimum Gasteiger partial charge on any atom is -0.290 e. The van der Waals surface area contributed by atoms with Crippen molar-refractivity contribution in [2.45, 2.75) is 26.4 Å². The highest BCUT2D eigenvalue weighted by Crippen LogP contribution is 2.19. The Balaban J connectivity index is 2.09. The number of hydrogen-bond donors (Lipinski definition) is 0. The second kappa shape index (κ2) is 6.26. The van der Waals surface area contributed by atoms with E-state index in [9.17, 15) is 0 Å². The number of rotatable bonds is 5. The summed E-state index contributed by atoms with van der Waals surface area (Å²) < 4.78 is 0. The second-order valence-corrected chi connectivity index (χ2v) is 4.31. The lowest BCUT2D eigenvalue weighted by atomic mass is 10.1. The van der Waals surface area contributed by atoms with Crippen molar-refractivity contribution in [3.05, 3.63) is 60.2 Å². The Morgan fingerprint density at radius 1 is 1.06 bits per heavy atom. The molecular formula is C15H19N3. The molecule has 0 spiro atoms. The van der Waals surface area contributed by atoms with Crippen molar-refractivity contribution in [3.63, 3.8) is 0 Å². The fourth-order valence-electron chi connectivity index (χ4n) is 2.03. The number of hydrogen-bond acceptors (Lipinski definition) is 3. The SMILES string of the molecule is CCN(Cc1ccccn1)C(C)c1ccccn1. The normalized spacial score (nSPS) is 12.6. The van der Waals surface area contributed by atoms with E-state index in [1.54, 1.807) is 0 Å². The molecule has 0 aliphatic rings. The molecule has 0 amide bonds. The van der Waals surface area contributed by atoms with Gasteiger partial charge in [-0.2, -0.15) is 0 Å². The van der Waals surface area contributed by atoms with Gasteiger partial charge >= 0.3 is 0 Å². The van der Waals surface area contributed by atoms with Gasteiger partial charge in [-0.1, -0.05) is 19.1 Å². The lowest BCUT2D eigenvalue weighted by Crippen LogP contribution is -2.27. The maximum Gasteiger partial charge on any atom is 0.0572 e. The Morgan fingerprint density at radius 3 is 2.33 bits per heavy atom. The monoisotopic (exact) mass is 241 g/mol. The van der Waals surface area contributed by atoms with Crippen LogP contribution in [0, 0.1) is 0 Å². The van der Waals surface area contributed by atoms with Gasteiger partial charge < -0.3 is 0 Å². The molecule has 2 aromatic heterocycles. The van der Waals surface area contributed by atoms with Crippen molar-refractivity contribution >= 4 is 0 Å². The van der Waals surface area contributed by atoms with Gasteiger partial charge in [0.25, 0.3) is 0 Å². The summed E-state index contributed by atoms with van der Waals surface area (Å²) in [7, 11) is 0. The third-order valence-corrected chi connectivity index (χ3v) is 3.16. The first kappa shape index (κ1) is 12.7. The first-order valence-corrected chi connectivity index (χ1v) is 6.36. The first-order valence-electron chi connectivity index (χ1n) is 6.36. The van der Waals surface area contributed by atoms with Gasteiger partial charge in [-0.05, 0) is 37.7 Å². The maximum absolute atomic E-state index is 4.43. The van der Waals surface area contributed by atoms with Gasteiger partial charge in [-0.3, -0.25) is 14.9 Å². The van der Waals surface area contributed by atoms with Crippen LogP contribution in [-0.2, 0) is 6.54 Å². The smallest absolute Gasteiger partial charge is 0.0572 e. The molecule has 2 rings (SSSR count). The third kappa shape index (κ3) is 3.14. The Morgan fingerprint density at radius 2 is 1.78 bits per heavy atom. The van der Waals surface area contributed by atoms with E-state index in [4.69, 9.17) is 0 Å². The van der Waals surface area contributed by atoms with Crippen LogP contribution in [0.3, 0.4) is 0 Å². The summed E-state index contributed by atoms with van der Waals surface area (Å²) in [5, 5.41) is 0. The van der Waals surface area contributed by atoms with E-state index < -0.39 is 0 Å². The van der Waals surface area contributed by atoms with Gasteiger partial charge in [-0.15, -0.1) is 0 Å². The van der Waals surface area contributed by atoms with Crippen molar-refractivity contribution in [1.29, 1.82) is 0 Å². The van der Waals surface area contributed by atoms with Crippen LogP contribution in [0.4, 0.5) is 0 Å². The first-order chi connectivity index (χ1) is 8.81. The summed E-state index contributed by atoms with van der Waals surface area (Å²) in [6, 6.07) is 12.4. The van der Waals surface area contributed by atoms with Crippen LogP contribution in [0.1, 0.15) is 31.3 Å². The zero-order valence-electron chi connectivity index (χ0n) is 11.0. The Kier molecular flexibility index (Phi) is 4.42. The van der Waals surface area contributed by atoms with E-state index in [0.717, 1.165) is 24.5 Å². The van der Waals surface area contributed by atoms with Gasteiger partial charge in [0.1, 0.15) is 0 Å². The van der Waals surface area contributed by atoms with Gasteiger partial charge in [0, 0.05) is 25.0 Å². The molecule has 0 aliphatic heterocycles. The number of nitrogens with zero attached hydrogens (tertiary/aromatic N) is 3. The molecule has 94 valence electrons. The van der Waals surface area contributed by atoms with Crippen LogP contribution in [0.15, 0.2) is 48.8 Å². The van der Waals surface area contributed by atoms with Gasteiger partial charge in [0.05, 0.1) is 11.4 Å². The Labute approximate surface area is 109 Å². The van der Waals surface area contributed by atoms with Crippen LogP contribution >= 0.6 is 0 Å². The average Bonchev–Trinajstić information content (AvgIpc) is 2.46. The summed E-state index contributed by atoms with van der Waals surface area (Å²) in [6.45, 7) is 6.19. The second-order valence-electron chi connectivity index (χ2n) is 4.31. The molecular weight excluding hydrogens is 222 g/mol. The minimum atomic E-state index is 0.304. The highest BCUT2D eigenvalue weighted by atomic mass is 15.2. The molecule has 3 nitrogen and oxygen atoms in total. The molecule has 0 N–H and O–H groups in total. The van der Waals surface area contributed by atoms with Crippen molar-refractivity contribution in [2.75, 3.05) is 6.54 Å². The minimum absolute atomic E-state index is 0.304. The molecule has 1 unspecified atom stereocenters. The molecule has 1 atom stereocenters. The maximum atomic E-state index is 4.43. The van der Waals surface area contributed by atoms with Crippen LogP contribution in [0.25, 0.3) is 0 Å².